The number of esters is 3. The Balaban J connectivity index is 0.000000675. The van der Waals surface area contributed by atoms with Crippen molar-refractivity contribution >= 4 is 76.9 Å². The number of rotatable bonds is 18. The summed E-state index contributed by atoms with van der Waals surface area (Å²) in [6.45, 7) is 13.3. The summed E-state index contributed by atoms with van der Waals surface area (Å²) in [7, 11) is -40.8. The summed E-state index contributed by atoms with van der Waals surface area (Å²) in [5.41, 5.74) is -41.0. The molecule has 3 aliphatic carbocycles. The van der Waals surface area contributed by atoms with Crippen LogP contribution in [-0.2, 0) is 87.6 Å². The molecule has 6 unspecified atom stereocenters. The standard InChI is InChI=1S/C17H26F6O6S2.C16H24F6O6S2.C15H22F6O6S2/c1-4-15(2,3)14(24)29-12-10-8-6-5-7-9-11(12)13(30(25,26)16(18,19)20)31(27,28)17(21,22)23;1-4-14(2,3)13(23)28-11-9-7-5-6-8-10(11)12(29(24,25)15(17,18)19)30(26,27)16(20,21)22;1-4-13(2,3)12(22)27-10-8-6-5-7-9(10)11(28(23,24)14(16,17)18)29(25,26)15(19,20)21/h11-13H,4-10H2,1-3H3;10-12H,4-9H2,1-3H3;9-11H,4-8H2,1-3H3. The summed E-state index contributed by atoms with van der Waals surface area (Å²) >= 11 is 0. The van der Waals surface area contributed by atoms with Gasteiger partial charge in [-0.3, -0.25) is 14.4 Å². The van der Waals surface area contributed by atoms with Gasteiger partial charge in [0.25, 0.3) is 59.0 Å². The molecule has 6 atom stereocenters. The van der Waals surface area contributed by atoms with E-state index in [4.69, 9.17) is 14.2 Å². The number of halogens is 18. The molecule has 0 heterocycles. The summed E-state index contributed by atoms with van der Waals surface area (Å²) in [5, 5.41) is 0. The van der Waals surface area contributed by atoms with Crippen molar-refractivity contribution in [2.24, 2.45) is 34.0 Å². The van der Waals surface area contributed by atoms with Gasteiger partial charge in [-0.15, -0.1) is 0 Å². The predicted octanol–water partition coefficient (Wildman–Crippen LogP) is 12.3. The van der Waals surface area contributed by atoms with Crippen LogP contribution in [0.3, 0.4) is 0 Å². The SMILES string of the molecule is CCC(C)(C)C(=O)OC1CCCCC1C(S(=O)(=O)C(F)(F)F)S(=O)(=O)C(F)(F)F.CCC(C)(C)C(=O)OC1CCCCCC1C(S(=O)(=O)C(F)(F)F)S(=O)(=O)C(F)(F)F.CCC(C)(C)C(=O)OC1CCCCCCC1C(S(=O)(=O)C(F)(F)F)S(=O)(=O)C(F)(F)F. The zero-order valence-corrected chi connectivity index (χ0v) is 54.4. The Morgan fingerprint density at radius 1 is 0.300 bits per heavy atom. The van der Waals surface area contributed by atoms with Crippen molar-refractivity contribution in [1.29, 1.82) is 0 Å². The van der Waals surface area contributed by atoms with E-state index in [1.54, 1.807) is 20.8 Å². The van der Waals surface area contributed by atoms with Crippen LogP contribution in [0.25, 0.3) is 0 Å². The first-order valence-corrected chi connectivity index (χ1v) is 36.6. The molecule has 0 aromatic carbocycles. The third kappa shape index (κ3) is 19.7. The van der Waals surface area contributed by atoms with Gasteiger partial charge in [-0.1, -0.05) is 59.3 Å². The zero-order valence-electron chi connectivity index (χ0n) is 49.5. The first-order valence-electron chi connectivity index (χ1n) is 27.4. The highest BCUT2D eigenvalue weighted by Crippen LogP contribution is 2.48. The second-order valence-corrected chi connectivity index (χ2v) is 36.8. The Morgan fingerprint density at radius 3 is 0.611 bits per heavy atom. The van der Waals surface area contributed by atoms with Gasteiger partial charge in [0.2, 0.25) is 0 Å². The highest BCUT2D eigenvalue weighted by molar-refractivity contribution is 8.10. The number of alkyl halides is 18. The van der Waals surface area contributed by atoms with Gasteiger partial charge < -0.3 is 14.2 Å². The number of hydrogen-bond acceptors (Lipinski definition) is 18. The highest BCUT2D eigenvalue weighted by atomic mass is 32.3. The Labute approximate surface area is 509 Å². The summed E-state index contributed by atoms with van der Waals surface area (Å²) in [6, 6.07) is 0. The third-order valence-corrected chi connectivity index (χ3v) is 30.1. The van der Waals surface area contributed by atoms with E-state index in [0.717, 1.165) is 0 Å². The van der Waals surface area contributed by atoms with Crippen molar-refractivity contribution in [3.63, 3.8) is 0 Å². The lowest BCUT2D eigenvalue weighted by molar-refractivity contribution is -0.164. The monoisotopic (exact) mass is 1470 g/mol. The highest BCUT2D eigenvalue weighted by Gasteiger charge is 2.69. The summed E-state index contributed by atoms with van der Waals surface area (Å²) < 4.78 is 385. The second-order valence-electron chi connectivity index (χ2n) is 23.5. The molecule has 3 fully saturated rings. The molecule has 0 saturated heterocycles. The Hall–Kier alpha value is -3.15. The first-order chi connectivity index (χ1) is 39.9. The number of sulfone groups is 6. The molecule has 18 nitrogen and oxygen atoms in total. The maximum absolute atomic E-state index is 13.2. The van der Waals surface area contributed by atoms with E-state index in [-0.39, 0.29) is 77.0 Å². The third-order valence-electron chi connectivity index (χ3n) is 15.9. The molecule has 0 spiro atoms. The lowest BCUT2D eigenvalue weighted by Gasteiger charge is -2.37. The van der Waals surface area contributed by atoms with Gasteiger partial charge in [0.15, 0.2) is 13.7 Å². The molecule has 3 saturated carbocycles. The van der Waals surface area contributed by atoms with E-state index in [9.17, 15) is 144 Å². The minimum absolute atomic E-state index is 0.0207. The molecule has 0 N–H and O–H groups in total. The van der Waals surface area contributed by atoms with Crippen LogP contribution in [0.4, 0.5) is 79.0 Å². The molecule has 0 bridgehead atoms. The molecule has 0 aromatic heterocycles. The summed E-state index contributed by atoms with van der Waals surface area (Å²) in [6.07, 6.45) is -5.36. The largest absolute Gasteiger partial charge is 0.498 e. The molecule has 3 aliphatic rings. The van der Waals surface area contributed by atoms with Crippen LogP contribution in [0, 0.1) is 34.0 Å². The van der Waals surface area contributed by atoms with Crippen molar-refractivity contribution < 1.29 is 158 Å². The summed E-state index contributed by atoms with van der Waals surface area (Å²) in [4.78, 5) is 37.1. The van der Waals surface area contributed by atoms with Crippen molar-refractivity contribution in [2.75, 3.05) is 0 Å². The fourth-order valence-corrected chi connectivity index (χ4v) is 21.5. The molecular weight excluding hydrogens is 1400 g/mol. The van der Waals surface area contributed by atoms with Crippen LogP contribution in [-0.4, -0.2) is 134 Å². The van der Waals surface area contributed by atoms with Gasteiger partial charge in [-0.05, 0) is 119 Å². The second kappa shape index (κ2) is 29.9. The Kier molecular flexibility index (Phi) is 28.2. The first kappa shape index (κ1) is 84.9. The normalized spacial score (nSPS) is 22.6. The average molecular weight is 1470 g/mol. The lowest BCUT2D eigenvalue weighted by atomic mass is 9.86. The molecule has 3 rings (SSSR count). The topological polar surface area (TPSA) is 284 Å². The van der Waals surface area contributed by atoms with Crippen molar-refractivity contribution in [3.05, 3.63) is 0 Å². The van der Waals surface area contributed by atoms with E-state index in [0.29, 0.717) is 19.3 Å². The van der Waals surface area contributed by atoms with Crippen LogP contribution < -0.4 is 0 Å². The van der Waals surface area contributed by atoms with Crippen LogP contribution in [0.1, 0.15) is 178 Å². The van der Waals surface area contributed by atoms with E-state index in [2.05, 4.69) is 0 Å². The van der Waals surface area contributed by atoms with Crippen molar-refractivity contribution in [3.8, 4) is 0 Å². The van der Waals surface area contributed by atoms with Gasteiger partial charge >= 0.3 is 51.0 Å². The molecule has 0 radical (unpaired) electrons. The lowest BCUT2D eigenvalue weighted by Crippen LogP contribution is -2.53. The van der Waals surface area contributed by atoms with E-state index >= 15 is 0 Å². The van der Waals surface area contributed by atoms with Gasteiger partial charge in [-0.25, -0.2) is 50.5 Å². The molecule has 534 valence electrons. The minimum Gasteiger partial charge on any atom is -0.462 e. The Bertz CT molecular complexity index is 3020. The average Bonchev–Trinajstić information content (AvgIpc) is 0.808. The van der Waals surface area contributed by atoms with E-state index < -0.39 is 195 Å². The van der Waals surface area contributed by atoms with Crippen LogP contribution in [0.15, 0.2) is 0 Å². The van der Waals surface area contributed by atoms with Gasteiger partial charge in [-0.2, -0.15) is 79.0 Å². The van der Waals surface area contributed by atoms with Gasteiger partial charge in [0, 0.05) is 17.8 Å². The molecule has 0 amide bonds. The number of ether oxygens (including phenoxy) is 3. The smallest absolute Gasteiger partial charge is 0.462 e. The van der Waals surface area contributed by atoms with E-state index in [1.807, 2.05) is 0 Å². The predicted molar refractivity (Wildman–Crippen MR) is 283 cm³/mol. The molecule has 0 aromatic rings. The minimum atomic E-state index is -6.82. The molecule has 90 heavy (non-hydrogen) atoms. The molecular formula is C48H72F18O18S6. The number of carbonyl (C=O) groups is 3. The van der Waals surface area contributed by atoms with Crippen LogP contribution in [0.2, 0.25) is 0 Å². The maximum Gasteiger partial charge on any atom is 0.498 e. The fraction of sp³-hybridized carbons (Fsp3) is 0.938. The van der Waals surface area contributed by atoms with Crippen molar-refractivity contribution in [1.82, 2.24) is 0 Å². The van der Waals surface area contributed by atoms with E-state index in [1.165, 1.54) is 41.5 Å². The summed E-state index contributed by atoms with van der Waals surface area (Å²) in [5.74, 6) is -9.55. The maximum atomic E-state index is 13.2. The number of hydrogen-bond donors (Lipinski definition) is 0. The van der Waals surface area contributed by atoms with Crippen molar-refractivity contribution in [2.45, 2.75) is 243 Å². The van der Waals surface area contributed by atoms with Gasteiger partial charge in [0.1, 0.15) is 18.3 Å². The van der Waals surface area contributed by atoms with Crippen LogP contribution >= 0.6 is 0 Å². The van der Waals surface area contributed by atoms with Crippen LogP contribution in [0.5, 0.6) is 0 Å². The Morgan fingerprint density at radius 2 is 0.444 bits per heavy atom. The molecule has 42 heteroatoms. The fourth-order valence-electron chi connectivity index (χ4n) is 9.28. The van der Waals surface area contributed by atoms with Gasteiger partial charge in [0.05, 0.1) is 16.2 Å². The zero-order chi connectivity index (χ0) is 71.3. The molecule has 0 aliphatic heterocycles. The number of carbonyl (C=O) groups excluding carboxylic acids is 3. The quantitative estimate of drug-likeness (QED) is 0.0533.